The first-order chi connectivity index (χ1) is 15.2. The Morgan fingerprint density at radius 1 is 1.00 bits per heavy atom. The van der Waals surface area contributed by atoms with E-state index >= 15 is 0 Å². The zero-order chi connectivity index (χ0) is 22.9. The van der Waals surface area contributed by atoms with Crippen LogP contribution in [0.2, 0.25) is 0 Å². The summed E-state index contributed by atoms with van der Waals surface area (Å²) in [5.74, 6) is -0.660. The van der Waals surface area contributed by atoms with Gasteiger partial charge in [-0.1, -0.05) is 12.1 Å². The Hall–Kier alpha value is -3.92. The molecule has 0 saturated carbocycles. The van der Waals surface area contributed by atoms with E-state index in [9.17, 15) is 22.4 Å². The summed E-state index contributed by atoms with van der Waals surface area (Å²) in [6.07, 6.45) is 0. The summed E-state index contributed by atoms with van der Waals surface area (Å²) in [6, 6.07) is 16.2. The fourth-order valence-electron chi connectivity index (χ4n) is 3.28. The number of amides is 1. The lowest BCUT2D eigenvalue weighted by Gasteiger charge is -2.17. The van der Waals surface area contributed by atoms with E-state index in [2.05, 4.69) is 14.7 Å². The number of hydrogen-bond donors (Lipinski definition) is 3. The third-order valence-corrected chi connectivity index (χ3v) is 6.22. The molecule has 1 aromatic heterocycles. The van der Waals surface area contributed by atoms with Gasteiger partial charge in [0.15, 0.2) is 0 Å². The van der Waals surface area contributed by atoms with E-state index in [0.29, 0.717) is 22.2 Å². The molecule has 0 spiro atoms. The van der Waals surface area contributed by atoms with Gasteiger partial charge in [0.2, 0.25) is 0 Å². The van der Waals surface area contributed by atoms with Crippen LogP contribution in [0.5, 0.6) is 0 Å². The van der Waals surface area contributed by atoms with Crippen LogP contribution < -0.4 is 10.4 Å². The highest BCUT2D eigenvalue weighted by Gasteiger charge is 2.17. The van der Waals surface area contributed by atoms with Gasteiger partial charge in [-0.2, -0.15) is 0 Å². The van der Waals surface area contributed by atoms with Crippen LogP contribution in [0, 0.1) is 5.82 Å². The fraction of sp³-hybridized carbons (Fsp3) is 0.0909. The number of rotatable bonds is 6. The third-order valence-electron chi connectivity index (χ3n) is 4.84. The zero-order valence-corrected chi connectivity index (χ0v) is 17.7. The molecular formula is C22H19FN4O4S. The molecule has 0 aliphatic carbocycles. The highest BCUT2D eigenvalue weighted by atomic mass is 32.2. The monoisotopic (exact) mass is 454 g/mol. The minimum absolute atomic E-state index is 0.0183. The largest absolute Gasteiger partial charge is 0.337 e. The van der Waals surface area contributed by atoms with E-state index in [0.717, 1.165) is 0 Å². The van der Waals surface area contributed by atoms with Crippen molar-refractivity contribution in [1.82, 2.24) is 14.9 Å². The molecule has 0 aliphatic rings. The van der Waals surface area contributed by atoms with Crippen molar-refractivity contribution in [2.24, 2.45) is 0 Å². The Morgan fingerprint density at radius 2 is 1.72 bits per heavy atom. The molecule has 1 amide bonds. The van der Waals surface area contributed by atoms with E-state index in [-0.39, 0.29) is 28.9 Å². The third kappa shape index (κ3) is 4.54. The lowest BCUT2D eigenvalue weighted by molar-refractivity contribution is 0.0785. The van der Waals surface area contributed by atoms with Gasteiger partial charge in [0.05, 0.1) is 15.9 Å². The Labute approximate surface area is 182 Å². The molecule has 164 valence electrons. The molecule has 8 nitrogen and oxygen atoms in total. The summed E-state index contributed by atoms with van der Waals surface area (Å²) in [5.41, 5.74) is 1.74. The first kappa shape index (κ1) is 21.3. The summed E-state index contributed by atoms with van der Waals surface area (Å²) < 4.78 is 41.2. The average Bonchev–Trinajstić information content (AvgIpc) is 3.12. The Bertz CT molecular complexity index is 1460. The van der Waals surface area contributed by atoms with E-state index in [1.807, 2.05) is 0 Å². The summed E-state index contributed by atoms with van der Waals surface area (Å²) in [4.78, 5) is 30.5. The highest BCUT2D eigenvalue weighted by molar-refractivity contribution is 7.92. The van der Waals surface area contributed by atoms with Gasteiger partial charge in [0.1, 0.15) is 5.82 Å². The SMILES string of the molecule is CN(Cc1cccc(F)c1)C(=O)c1ccc(NS(=O)(=O)c2ccc3[nH]c(=O)[nH]c3c2)cc1. The number of nitrogens with one attached hydrogen (secondary N) is 3. The second-order valence-corrected chi connectivity index (χ2v) is 8.94. The van der Waals surface area contributed by atoms with Crippen LogP contribution in [-0.4, -0.2) is 36.2 Å². The standard InChI is InChI=1S/C22H19FN4O4S/c1-27(13-14-3-2-4-16(23)11-14)21(28)15-5-7-17(8-6-15)26-32(30,31)18-9-10-19-20(12-18)25-22(29)24-19/h2-12,26H,13H2,1H3,(H2,24,25,29). The maximum Gasteiger partial charge on any atom is 0.323 e. The van der Waals surface area contributed by atoms with Gasteiger partial charge in [-0.15, -0.1) is 0 Å². The highest BCUT2D eigenvalue weighted by Crippen LogP contribution is 2.20. The quantitative estimate of drug-likeness (QED) is 0.415. The van der Waals surface area contributed by atoms with Gasteiger partial charge in [0.25, 0.3) is 15.9 Å². The first-order valence-corrected chi connectivity index (χ1v) is 11.0. The number of benzene rings is 3. The van der Waals surface area contributed by atoms with E-state index in [1.54, 1.807) is 19.2 Å². The van der Waals surface area contributed by atoms with Crippen LogP contribution in [0.3, 0.4) is 0 Å². The molecule has 1 heterocycles. The first-order valence-electron chi connectivity index (χ1n) is 9.56. The predicted molar refractivity (Wildman–Crippen MR) is 118 cm³/mol. The number of carbonyl (C=O) groups is 1. The van der Waals surface area contributed by atoms with E-state index in [1.165, 1.54) is 59.5 Å². The normalized spacial score (nSPS) is 11.4. The van der Waals surface area contributed by atoms with Crippen molar-refractivity contribution in [1.29, 1.82) is 0 Å². The Kier molecular flexibility index (Phi) is 5.54. The van der Waals surface area contributed by atoms with Crippen molar-refractivity contribution in [3.05, 3.63) is 94.2 Å². The van der Waals surface area contributed by atoms with E-state index < -0.39 is 15.7 Å². The van der Waals surface area contributed by atoms with E-state index in [4.69, 9.17) is 0 Å². The molecule has 10 heteroatoms. The number of halogens is 1. The van der Waals surface area contributed by atoms with Crippen LogP contribution in [0.4, 0.5) is 10.1 Å². The van der Waals surface area contributed by atoms with Crippen LogP contribution in [-0.2, 0) is 16.6 Å². The van der Waals surface area contributed by atoms with Crippen molar-refractivity contribution in [3.63, 3.8) is 0 Å². The topological polar surface area (TPSA) is 115 Å². The van der Waals surface area contributed by atoms with Crippen molar-refractivity contribution in [2.45, 2.75) is 11.4 Å². The number of carbonyl (C=O) groups excluding carboxylic acids is 1. The van der Waals surface area contributed by atoms with Gasteiger partial charge in [-0.3, -0.25) is 9.52 Å². The molecule has 0 fully saturated rings. The molecule has 0 unspecified atom stereocenters. The maximum absolute atomic E-state index is 13.3. The number of nitrogens with zero attached hydrogens (tertiary/aromatic N) is 1. The number of fused-ring (bicyclic) bond motifs is 1. The van der Waals surface area contributed by atoms with Crippen molar-refractivity contribution >= 4 is 32.7 Å². The van der Waals surface area contributed by atoms with Gasteiger partial charge in [0, 0.05) is 24.8 Å². The maximum atomic E-state index is 13.3. The van der Waals surface area contributed by atoms with Crippen LogP contribution >= 0.6 is 0 Å². The lowest BCUT2D eigenvalue weighted by atomic mass is 10.1. The van der Waals surface area contributed by atoms with Gasteiger partial charge in [-0.25, -0.2) is 17.6 Å². The smallest absolute Gasteiger partial charge is 0.323 e. The van der Waals surface area contributed by atoms with Crippen molar-refractivity contribution < 1.29 is 17.6 Å². The zero-order valence-electron chi connectivity index (χ0n) is 16.9. The van der Waals surface area contributed by atoms with Crippen LogP contribution in [0.15, 0.2) is 76.4 Å². The van der Waals surface area contributed by atoms with Gasteiger partial charge < -0.3 is 14.9 Å². The minimum Gasteiger partial charge on any atom is -0.337 e. The number of sulfonamides is 1. The summed E-state index contributed by atoms with van der Waals surface area (Å²) in [7, 11) is -2.30. The lowest BCUT2D eigenvalue weighted by Crippen LogP contribution is -2.26. The molecule has 0 bridgehead atoms. The Balaban J connectivity index is 1.47. The number of anilines is 1. The van der Waals surface area contributed by atoms with Crippen molar-refractivity contribution in [3.8, 4) is 0 Å². The number of imidazole rings is 1. The summed E-state index contributed by atoms with van der Waals surface area (Å²) in [5, 5.41) is 0. The molecular weight excluding hydrogens is 435 g/mol. The Morgan fingerprint density at radius 3 is 2.44 bits per heavy atom. The second kappa shape index (κ2) is 8.31. The number of H-pyrrole nitrogens is 2. The molecule has 0 atom stereocenters. The number of aromatic amines is 2. The molecule has 32 heavy (non-hydrogen) atoms. The van der Waals surface area contributed by atoms with Gasteiger partial charge in [-0.05, 0) is 60.2 Å². The fourth-order valence-corrected chi connectivity index (χ4v) is 4.36. The van der Waals surface area contributed by atoms with Crippen LogP contribution in [0.25, 0.3) is 11.0 Å². The number of hydrogen-bond acceptors (Lipinski definition) is 4. The number of aromatic nitrogens is 2. The molecule has 3 aromatic carbocycles. The average molecular weight is 454 g/mol. The minimum atomic E-state index is -3.91. The molecule has 3 N–H and O–H groups in total. The molecule has 0 radical (unpaired) electrons. The predicted octanol–water partition coefficient (Wildman–Crippen LogP) is 3.07. The summed E-state index contributed by atoms with van der Waals surface area (Å²) in [6.45, 7) is 0.231. The van der Waals surface area contributed by atoms with Crippen molar-refractivity contribution in [2.75, 3.05) is 11.8 Å². The summed E-state index contributed by atoms with van der Waals surface area (Å²) >= 11 is 0. The molecule has 0 saturated heterocycles. The second-order valence-electron chi connectivity index (χ2n) is 7.26. The molecule has 4 aromatic rings. The van der Waals surface area contributed by atoms with Crippen LogP contribution in [0.1, 0.15) is 15.9 Å². The van der Waals surface area contributed by atoms with Gasteiger partial charge >= 0.3 is 5.69 Å². The molecule has 4 rings (SSSR count). The molecule has 0 aliphatic heterocycles.